The molecule has 0 aliphatic heterocycles. The van der Waals surface area contributed by atoms with Gasteiger partial charge in [0.15, 0.2) is 0 Å². The third kappa shape index (κ3) is 3.50. The highest BCUT2D eigenvalue weighted by Gasteiger charge is 2.13. The Labute approximate surface area is 142 Å². The average molecular weight is 320 g/mol. The maximum atomic E-state index is 5.42. The van der Waals surface area contributed by atoms with Crippen molar-refractivity contribution in [2.24, 2.45) is 0 Å². The molecule has 0 saturated carbocycles. The van der Waals surface area contributed by atoms with Crippen molar-refractivity contribution in [2.75, 3.05) is 14.2 Å². The van der Waals surface area contributed by atoms with Crippen LogP contribution in [0, 0.1) is 0 Å². The molecule has 24 heavy (non-hydrogen) atoms. The van der Waals surface area contributed by atoms with Crippen LogP contribution in [0.5, 0.6) is 0 Å². The normalized spacial score (nSPS) is 10.8. The van der Waals surface area contributed by atoms with Gasteiger partial charge in [-0.15, -0.1) is 0 Å². The van der Waals surface area contributed by atoms with E-state index in [2.05, 4.69) is 22.1 Å². The van der Waals surface area contributed by atoms with Crippen LogP contribution in [0.1, 0.15) is 11.1 Å². The van der Waals surface area contributed by atoms with Crippen LogP contribution in [0.3, 0.4) is 0 Å². The fourth-order valence-corrected chi connectivity index (χ4v) is 2.84. The fourth-order valence-electron chi connectivity index (χ4n) is 2.84. The maximum Gasteiger partial charge on any atom is 0.0719 e. The number of hydrogen-bond acceptors (Lipinski definition) is 4. The zero-order valence-electron chi connectivity index (χ0n) is 13.9. The number of nitrogens with zero attached hydrogens (tertiary/aromatic N) is 2. The molecule has 0 atom stereocenters. The first kappa shape index (κ1) is 16.3. The number of pyridine rings is 2. The summed E-state index contributed by atoms with van der Waals surface area (Å²) < 4.78 is 10.8. The van der Waals surface area contributed by atoms with Crippen molar-refractivity contribution in [3.05, 3.63) is 72.3 Å². The molecule has 0 aliphatic rings. The van der Waals surface area contributed by atoms with E-state index < -0.39 is 0 Å². The van der Waals surface area contributed by atoms with Crippen LogP contribution in [0.25, 0.3) is 22.3 Å². The topological polar surface area (TPSA) is 44.2 Å². The Kier molecular flexibility index (Phi) is 5.31. The Hall–Kier alpha value is -2.56. The molecule has 4 heteroatoms. The minimum Gasteiger partial charge on any atom is -0.380 e. The van der Waals surface area contributed by atoms with Crippen molar-refractivity contribution in [3.8, 4) is 22.3 Å². The summed E-state index contributed by atoms with van der Waals surface area (Å²) in [5, 5.41) is 0. The van der Waals surface area contributed by atoms with Gasteiger partial charge in [-0.2, -0.15) is 0 Å². The lowest BCUT2D eigenvalue weighted by Crippen LogP contribution is -1.99. The number of hydrogen-bond donors (Lipinski definition) is 0. The number of benzene rings is 1. The molecule has 0 radical (unpaired) electrons. The largest absolute Gasteiger partial charge is 0.380 e. The van der Waals surface area contributed by atoms with Crippen LogP contribution >= 0.6 is 0 Å². The number of aromatic nitrogens is 2. The molecule has 4 nitrogen and oxygen atoms in total. The second-order valence-corrected chi connectivity index (χ2v) is 5.50. The first-order chi connectivity index (χ1) is 11.8. The van der Waals surface area contributed by atoms with Crippen molar-refractivity contribution in [3.63, 3.8) is 0 Å². The van der Waals surface area contributed by atoms with Crippen LogP contribution < -0.4 is 0 Å². The molecule has 1 aromatic carbocycles. The summed E-state index contributed by atoms with van der Waals surface area (Å²) in [6.07, 6.45) is 7.22. The maximum absolute atomic E-state index is 5.42. The van der Waals surface area contributed by atoms with Crippen molar-refractivity contribution in [1.29, 1.82) is 0 Å². The Bertz CT molecular complexity index is 720. The van der Waals surface area contributed by atoms with Gasteiger partial charge in [-0.3, -0.25) is 9.97 Å². The van der Waals surface area contributed by atoms with Gasteiger partial charge in [-0.05, 0) is 69.8 Å². The number of ether oxygens (including phenoxy) is 2. The molecule has 3 aromatic rings. The second-order valence-electron chi connectivity index (χ2n) is 5.50. The highest BCUT2D eigenvalue weighted by molar-refractivity contribution is 5.76. The molecule has 2 heterocycles. The van der Waals surface area contributed by atoms with Crippen LogP contribution in [-0.2, 0) is 22.7 Å². The van der Waals surface area contributed by atoms with E-state index in [4.69, 9.17) is 9.47 Å². The average Bonchev–Trinajstić information content (AvgIpc) is 2.64. The Morgan fingerprint density at radius 3 is 1.38 bits per heavy atom. The molecule has 0 unspecified atom stereocenters. The summed E-state index contributed by atoms with van der Waals surface area (Å²) in [7, 11) is 3.43. The van der Waals surface area contributed by atoms with Gasteiger partial charge in [0.25, 0.3) is 0 Å². The molecule has 0 bridgehead atoms. The second kappa shape index (κ2) is 7.81. The standard InChI is InChI=1S/C20H20N2O2/c1-23-13-17-11-20(16-5-9-22-10-6-16)18(14-24-2)12-19(17)15-3-7-21-8-4-15/h3-12H,13-14H2,1-2H3. The lowest BCUT2D eigenvalue weighted by molar-refractivity contribution is 0.183. The van der Waals surface area contributed by atoms with E-state index in [1.54, 1.807) is 39.0 Å². The summed E-state index contributed by atoms with van der Waals surface area (Å²) in [5.74, 6) is 0. The zero-order chi connectivity index (χ0) is 16.8. The molecule has 122 valence electrons. The van der Waals surface area contributed by atoms with Gasteiger partial charge in [-0.1, -0.05) is 0 Å². The SMILES string of the molecule is COCc1cc(-c2ccncc2)c(COC)cc1-c1ccncc1. The van der Waals surface area contributed by atoms with E-state index in [0.717, 1.165) is 33.4 Å². The molecule has 0 fully saturated rings. The molecule has 0 aliphatic carbocycles. The van der Waals surface area contributed by atoms with E-state index in [0.29, 0.717) is 13.2 Å². The summed E-state index contributed by atoms with van der Waals surface area (Å²) >= 11 is 0. The first-order valence-corrected chi connectivity index (χ1v) is 7.78. The van der Waals surface area contributed by atoms with E-state index in [-0.39, 0.29) is 0 Å². The summed E-state index contributed by atoms with van der Waals surface area (Å²) in [4.78, 5) is 8.22. The van der Waals surface area contributed by atoms with Crippen LogP contribution in [-0.4, -0.2) is 24.2 Å². The summed E-state index contributed by atoms with van der Waals surface area (Å²) in [6.45, 7) is 1.09. The van der Waals surface area contributed by atoms with E-state index in [1.165, 1.54) is 0 Å². The van der Waals surface area contributed by atoms with Gasteiger partial charge in [-0.25, -0.2) is 0 Å². The zero-order valence-corrected chi connectivity index (χ0v) is 13.9. The van der Waals surface area contributed by atoms with E-state index >= 15 is 0 Å². The van der Waals surface area contributed by atoms with E-state index in [1.807, 2.05) is 24.3 Å². The van der Waals surface area contributed by atoms with Gasteiger partial charge in [0.2, 0.25) is 0 Å². The smallest absolute Gasteiger partial charge is 0.0719 e. The molecular formula is C20H20N2O2. The first-order valence-electron chi connectivity index (χ1n) is 7.78. The fraction of sp³-hybridized carbons (Fsp3) is 0.200. The lowest BCUT2D eigenvalue weighted by atomic mass is 9.92. The minimum absolute atomic E-state index is 0.545. The third-order valence-corrected chi connectivity index (χ3v) is 3.91. The Morgan fingerprint density at radius 2 is 1.04 bits per heavy atom. The Balaban J connectivity index is 2.19. The lowest BCUT2D eigenvalue weighted by Gasteiger charge is -2.16. The van der Waals surface area contributed by atoms with Crippen molar-refractivity contribution >= 4 is 0 Å². The Morgan fingerprint density at radius 1 is 0.667 bits per heavy atom. The van der Waals surface area contributed by atoms with Crippen molar-refractivity contribution in [1.82, 2.24) is 9.97 Å². The highest BCUT2D eigenvalue weighted by atomic mass is 16.5. The summed E-state index contributed by atoms with van der Waals surface area (Å²) in [5.41, 5.74) is 6.80. The van der Waals surface area contributed by atoms with Gasteiger partial charge in [0, 0.05) is 39.0 Å². The van der Waals surface area contributed by atoms with Crippen molar-refractivity contribution < 1.29 is 9.47 Å². The van der Waals surface area contributed by atoms with Gasteiger partial charge < -0.3 is 9.47 Å². The molecule has 0 spiro atoms. The molecule has 3 rings (SSSR count). The number of methoxy groups -OCH3 is 2. The van der Waals surface area contributed by atoms with E-state index in [9.17, 15) is 0 Å². The van der Waals surface area contributed by atoms with Crippen LogP contribution in [0.15, 0.2) is 61.2 Å². The monoisotopic (exact) mass is 320 g/mol. The minimum atomic E-state index is 0.545. The highest BCUT2D eigenvalue weighted by Crippen LogP contribution is 2.33. The van der Waals surface area contributed by atoms with Gasteiger partial charge >= 0.3 is 0 Å². The quantitative estimate of drug-likeness (QED) is 0.686. The number of rotatable bonds is 6. The third-order valence-electron chi connectivity index (χ3n) is 3.91. The van der Waals surface area contributed by atoms with Crippen molar-refractivity contribution in [2.45, 2.75) is 13.2 Å². The molecule has 2 aromatic heterocycles. The van der Waals surface area contributed by atoms with Crippen LogP contribution in [0.4, 0.5) is 0 Å². The van der Waals surface area contributed by atoms with Crippen LogP contribution in [0.2, 0.25) is 0 Å². The predicted octanol–water partition coefficient (Wildman–Crippen LogP) is 4.10. The molecule has 0 N–H and O–H groups in total. The molecule has 0 amide bonds. The van der Waals surface area contributed by atoms with Gasteiger partial charge in [0.05, 0.1) is 13.2 Å². The molecular weight excluding hydrogens is 300 g/mol. The predicted molar refractivity (Wildman–Crippen MR) is 94.3 cm³/mol. The summed E-state index contributed by atoms with van der Waals surface area (Å²) in [6, 6.07) is 12.4. The van der Waals surface area contributed by atoms with Gasteiger partial charge in [0.1, 0.15) is 0 Å². The molecule has 0 saturated heterocycles.